The van der Waals surface area contributed by atoms with Crippen LogP contribution >= 0.6 is 0 Å². The van der Waals surface area contributed by atoms with Gasteiger partial charge in [-0.25, -0.2) is 9.38 Å². The molecule has 0 unspecified atom stereocenters. The van der Waals surface area contributed by atoms with Crippen LogP contribution in [0, 0.1) is 19.7 Å². The van der Waals surface area contributed by atoms with E-state index in [0.717, 1.165) is 24.1 Å². The maximum Gasteiger partial charge on any atom is 0.149 e. The first-order valence-electron chi connectivity index (χ1n) is 7.58. The Kier molecular flexibility index (Phi) is 5.31. The number of hydrogen-bond donors (Lipinski definition) is 0. The normalized spacial score (nSPS) is 11.1. The Morgan fingerprint density at radius 1 is 1.18 bits per heavy atom. The summed E-state index contributed by atoms with van der Waals surface area (Å²) >= 11 is 0. The molecule has 0 aliphatic carbocycles. The third kappa shape index (κ3) is 4.17. The molecular weight excluding hydrogens is 275 g/mol. The second-order valence-corrected chi connectivity index (χ2v) is 5.71. The van der Waals surface area contributed by atoms with Crippen molar-refractivity contribution in [1.29, 1.82) is 0 Å². The van der Waals surface area contributed by atoms with Gasteiger partial charge in [0.2, 0.25) is 0 Å². The zero-order valence-electron chi connectivity index (χ0n) is 13.7. The van der Waals surface area contributed by atoms with Crippen molar-refractivity contribution in [2.75, 3.05) is 13.6 Å². The van der Waals surface area contributed by atoms with Crippen LogP contribution in [-0.4, -0.2) is 24.8 Å². The van der Waals surface area contributed by atoms with E-state index in [-0.39, 0.29) is 5.82 Å². The number of hydrogen-bond acceptors (Lipinski definition) is 1. The standard InChI is InChI=1S/C19H23FN2/c1-5-22(4)13-21-19-10-15(3)17(12-18(19)20)11-16-8-6-7-14(2)9-16/h6-10,12-13H,5,11H2,1-4H3. The lowest BCUT2D eigenvalue weighted by Crippen LogP contribution is -2.14. The molecular formula is C19H23FN2. The van der Waals surface area contributed by atoms with Crippen LogP contribution in [0.1, 0.15) is 29.2 Å². The van der Waals surface area contributed by atoms with Gasteiger partial charge in [0.15, 0.2) is 0 Å². The molecule has 116 valence electrons. The van der Waals surface area contributed by atoms with Crippen molar-refractivity contribution < 1.29 is 4.39 Å². The molecule has 3 heteroatoms. The maximum absolute atomic E-state index is 14.2. The third-order valence-electron chi connectivity index (χ3n) is 3.78. The molecule has 0 aromatic heterocycles. The van der Waals surface area contributed by atoms with Crippen molar-refractivity contribution in [3.05, 3.63) is 64.5 Å². The minimum atomic E-state index is -0.269. The molecule has 0 atom stereocenters. The van der Waals surface area contributed by atoms with Crippen LogP contribution < -0.4 is 0 Å². The molecule has 0 aliphatic rings. The monoisotopic (exact) mass is 298 g/mol. The van der Waals surface area contributed by atoms with E-state index in [4.69, 9.17) is 0 Å². The molecule has 2 rings (SSSR count). The molecule has 0 saturated carbocycles. The van der Waals surface area contributed by atoms with E-state index in [1.54, 1.807) is 12.4 Å². The van der Waals surface area contributed by atoms with Crippen molar-refractivity contribution in [2.45, 2.75) is 27.2 Å². The van der Waals surface area contributed by atoms with Crippen LogP contribution in [0.2, 0.25) is 0 Å². The lowest BCUT2D eigenvalue weighted by molar-refractivity contribution is 0.551. The SMILES string of the molecule is CCN(C)C=Nc1cc(C)c(Cc2cccc(C)c2)cc1F. The molecule has 0 spiro atoms. The fourth-order valence-electron chi connectivity index (χ4n) is 2.28. The summed E-state index contributed by atoms with van der Waals surface area (Å²) in [6, 6.07) is 11.7. The number of rotatable bonds is 5. The van der Waals surface area contributed by atoms with E-state index in [0.29, 0.717) is 5.69 Å². The Labute approximate surface area is 132 Å². The van der Waals surface area contributed by atoms with Crippen LogP contribution in [0.15, 0.2) is 41.4 Å². The van der Waals surface area contributed by atoms with Gasteiger partial charge >= 0.3 is 0 Å². The average Bonchev–Trinajstić information content (AvgIpc) is 2.49. The van der Waals surface area contributed by atoms with Crippen LogP contribution in [0.25, 0.3) is 0 Å². The number of aryl methyl sites for hydroxylation is 2. The van der Waals surface area contributed by atoms with E-state index in [2.05, 4.69) is 30.1 Å². The lowest BCUT2D eigenvalue weighted by Gasteiger charge is -2.11. The van der Waals surface area contributed by atoms with Gasteiger partial charge in [-0.15, -0.1) is 0 Å². The first kappa shape index (κ1) is 16.2. The molecule has 0 radical (unpaired) electrons. The quantitative estimate of drug-likeness (QED) is 0.580. The molecule has 22 heavy (non-hydrogen) atoms. The van der Waals surface area contributed by atoms with Crippen LogP contribution in [0.5, 0.6) is 0 Å². The van der Waals surface area contributed by atoms with Crippen LogP contribution in [0.4, 0.5) is 10.1 Å². The first-order valence-corrected chi connectivity index (χ1v) is 7.58. The fourth-order valence-corrected chi connectivity index (χ4v) is 2.28. The van der Waals surface area contributed by atoms with Crippen molar-refractivity contribution in [3.8, 4) is 0 Å². The van der Waals surface area contributed by atoms with Gasteiger partial charge in [-0.1, -0.05) is 29.8 Å². The zero-order chi connectivity index (χ0) is 16.1. The summed E-state index contributed by atoms with van der Waals surface area (Å²) < 4.78 is 14.2. The van der Waals surface area contributed by atoms with Gasteiger partial charge in [0, 0.05) is 13.6 Å². The number of nitrogens with zero attached hydrogens (tertiary/aromatic N) is 2. The van der Waals surface area contributed by atoms with E-state index in [1.165, 1.54) is 11.1 Å². The number of halogens is 1. The van der Waals surface area contributed by atoms with E-state index in [1.807, 2.05) is 37.9 Å². The summed E-state index contributed by atoms with van der Waals surface area (Å²) in [5.41, 5.74) is 4.88. The van der Waals surface area contributed by atoms with Crippen LogP contribution in [0.3, 0.4) is 0 Å². The summed E-state index contributed by atoms with van der Waals surface area (Å²) in [4.78, 5) is 6.14. The summed E-state index contributed by atoms with van der Waals surface area (Å²) in [7, 11) is 1.92. The largest absolute Gasteiger partial charge is 0.366 e. The molecule has 0 aliphatic heterocycles. The molecule has 2 aromatic carbocycles. The van der Waals surface area contributed by atoms with Gasteiger partial charge in [-0.05, 0) is 56.0 Å². The Morgan fingerprint density at radius 3 is 2.64 bits per heavy atom. The van der Waals surface area contributed by atoms with Gasteiger partial charge in [0.25, 0.3) is 0 Å². The molecule has 0 N–H and O–H groups in total. The Balaban J connectivity index is 2.24. The second-order valence-electron chi connectivity index (χ2n) is 5.71. The fraction of sp³-hybridized carbons (Fsp3) is 0.316. The molecule has 0 amide bonds. The molecule has 2 nitrogen and oxygen atoms in total. The highest BCUT2D eigenvalue weighted by atomic mass is 19.1. The van der Waals surface area contributed by atoms with E-state index < -0.39 is 0 Å². The van der Waals surface area contributed by atoms with Gasteiger partial charge in [0.05, 0.1) is 6.34 Å². The average molecular weight is 298 g/mol. The van der Waals surface area contributed by atoms with Crippen molar-refractivity contribution in [3.63, 3.8) is 0 Å². The van der Waals surface area contributed by atoms with Gasteiger partial charge in [-0.2, -0.15) is 0 Å². The topological polar surface area (TPSA) is 15.6 Å². The van der Waals surface area contributed by atoms with Crippen molar-refractivity contribution >= 4 is 12.0 Å². The highest BCUT2D eigenvalue weighted by Gasteiger charge is 2.07. The lowest BCUT2D eigenvalue weighted by atomic mass is 9.99. The third-order valence-corrected chi connectivity index (χ3v) is 3.78. The molecule has 0 saturated heterocycles. The summed E-state index contributed by atoms with van der Waals surface area (Å²) in [5, 5.41) is 0. The second kappa shape index (κ2) is 7.21. The maximum atomic E-state index is 14.2. The molecule has 0 bridgehead atoms. The van der Waals surface area contributed by atoms with Crippen molar-refractivity contribution in [1.82, 2.24) is 4.90 Å². The Morgan fingerprint density at radius 2 is 1.95 bits per heavy atom. The predicted octanol–water partition coefficient (Wildman–Crippen LogP) is 4.64. The van der Waals surface area contributed by atoms with Gasteiger partial charge in [0.1, 0.15) is 11.5 Å². The summed E-state index contributed by atoms with van der Waals surface area (Å²) in [6.45, 7) is 6.94. The minimum absolute atomic E-state index is 0.269. The zero-order valence-corrected chi connectivity index (χ0v) is 13.7. The number of benzene rings is 2. The predicted molar refractivity (Wildman–Crippen MR) is 91.6 cm³/mol. The van der Waals surface area contributed by atoms with E-state index in [9.17, 15) is 4.39 Å². The molecule has 0 fully saturated rings. The highest BCUT2D eigenvalue weighted by molar-refractivity contribution is 5.62. The minimum Gasteiger partial charge on any atom is -0.366 e. The Bertz CT molecular complexity index is 677. The van der Waals surface area contributed by atoms with Crippen LogP contribution in [-0.2, 0) is 6.42 Å². The molecule has 0 heterocycles. The van der Waals surface area contributed by atoms with Gasteiger partial charge < -0.3 is 4.90 Å². The summed E-state index contributed by atoms with van der Waals surface area (Å²) in [5.74, 6) is -0.269. The first-order chi connectivity index (χ1) is 10.5. The van der Waals surface area contributed by atoms with Crippen molar-refractivity contribution in [2.24, 2.45) is 4.99 Å². The number of aliphatic imine (C=N–C) groups is 1. The smallest absolute Gasteiger partial charge is 0.149 e. The molecule has 2 aromatic rings. The Hall–Kier alpha value is -2.16. The highest BCUT2D eigenvalue weighted by Crippen LogP contribution is 2.24. The summed E-state index contributed by atoms with van der Waals surface area (Å²) in [6.07, 6.45) is 2.40. The van der Waals surface area contributed by atoms with E-state index >= 15 is 0 Å². The van der Waals surface area contributed by atoms with Gasteiger partial charge in [-0.3, -0.25) is 0 Å².